The molecule has 112 valence electrons. The van der Waals surface area contributed by atoms with E-state index in [1.54, 1.807) is 18.5 Å². The van der Waals surface area contributed by atoms with Gasteiger partial charge in [0.1, 0.15) is 6.54 Å². The summed E-state index contributed by atoms with van der Waals surface area (Å²) in [6.07, 6.45) is 4.44. The summed E-state index contributed by atoms with van der Waals surface area (Å²) in [4.78, 5) is 26.5. The van der Waals surface area contributed by atoms with Crippen molar-refractivity contribution in [1.29, 1.82) is 0 Å². The van der Waals surface area contributed by atoms with E-state index < -0.39 is 0 Å². The highest BCUT2D eigenvalue weighted by molar-refractivity contribution is 5.76. The molecule has 0 bridgehead atoms. The molecule has 1 aliphatic rings. The Morgan fingerprint density at radius 1 is 1.33 bits per heavy atom. The highest BCUT2D eigenvalue weighted by Gasteiger charge is 2.25. The van der Waals surface area contributed by atoms with Crippen LogP contribution in [0.15, 0.2) is 29.3 Å². The number of carbonyl (C=O) groups is 1. The topological polar surface area (TPSA) is 59.6 Å². The van der Waals surface area contributed by atoms with Crippen LogP contribution in [0, 0.1) is 11.8 Å². The summed E-state index contributed by atoms with van der Waals surface area (Å²) in [7, 11) is 0. The van der Waals surface area contributed by atoms with E-state index in [9.17, 15) is 9.59 Å². The van der Waals surface area contributed by atoms with Crippen molar-refractivity contribution in [3.05, 3.63) is 35.0 Å². The zero-order chi connectivity index (χ0) is 15.0. The van der Waals surface area contributed by atoms with Crippen molar-refractivity contribution in [3.8, 4) is 0 Å². The number of fused-ring (bicyclic) bond motifs is 1. The molecule has 1 aliphatic heterocycles. The van der Waals surface area contributed by atoms with E-state index in [0.717, 1.165) is 25.0 Å². The standard InChI is InChI=1S/C15H20N4O2/c1-11-6-12(2)9-17(8-11)14(20)10-19-15(21)18-5-3-4-13(18)7-16-19/h3-5,7,11-12H,6,8-10H2,1-2H3/t11-,12-/m0/s1. The largest absolute Gasteiger partial charge is 0.349 e. The second-order valence-corrected chi connectivity index (χ2v) is 6.13. The van der Waals surface area contributed by atoms with Crippen LogP contribution in [0.5, 0.6) is 0 Å². The molecule has 1 amide bonds. The zero-order valence-corrected chi connectivity index (χ0v) is 12.4. The first-order valence-electron chi connectivity index (χ1n) is 7.35. The predicted molar refractivity (Wildman–Crippen MR) is 79.0 cm³/mol. The average Bonchev–Trinajstić information content (AvgIpc) is 2.90. The minimum Gasteiger partial charge on any atom is -0.341 e. The Morgan fingerprint density at radius 3 is 2.76 bits per heavy atom. The number of hydrogen-bond donors (Lipinski definition) is 0. The van der Waals surface area contributed by atoms with Crippen LogP contribution in [0.4, 0.5) is 0 Å². The molecule has 2 atom stereocenters. The van der Waals surface area contributed by atoms with Gasteiger partial charge in [-0.15, -0.1) is 0 Å². The molecule has 6 heteroatoms. The fourth-order valence-electron chi connectivity index (χ4n) is 3.18. The summed E-state index contributed by atoms with van der Waals surface area (Å²) in [5, 5.41) is 4.09. The Kier molecular flexibility index (Phi) is 3.53. The van der Waals surface area contributed by atoms with Crippen LogP contribution in [0.2, 0.25) is 0 Å². The average molecular weight is 288 g/mol. The number of rotatable bonds is 2. The van der Waals surface area contributed by atoms with E-state index in [1.165, 1.54) is 9.08 Å². The summed E-state index contributed by atoms with van der Waals surface area (Å²) in [6.45, 7) is 5.86. The zero-order valence-electron chi connectivity index (χ0n) is 12.4. The lowest BCUT2D eigenvalue weighted by atomic mass is 9.92. The minimum atomic E-state index is -0.274. The first kappa shape index (κ1) is 13.9. The van der Waals surface area contributed by atoms with Crippen LogP contribution in [-0.4, -0.2) is 38.1 Å². The molecule has 1 saturated heterocycles. The molecule has 1 fully saturated rings. The normalized spacial score (nSPS) is 22.7. The molecule has 3 heterocycles. The Balaban J connectivity index is 1.80. The first-order valence-corrected chi connectivity index (χ1v) is 7.35. The molecule has 0 aliphatic carbocycles. The van der Waals surface area contributed by atoms with Gasteiger partial charge in [-0.3, -0.25) is 9.20 Å². The lowest BCUT2D eigenvalue weighted by molar-refractivity contribution is -0.134. The van der Waals surface area contributed by atoms with Gasteiger partial charge in [0.2, 0.25) is 5.91 Å². The molecule has 0 radical (unpaired) electrons. The molecule has 0 unspecified atom stereocenters. The van der Waals surface area contributed by atoms with E-state index in [-0.39, 0.29) is 18.1 Å². The third-order valence-corrected chi connectivity index (χ3v) is 4.04. The van der Waals surface area contributed by atoms with Gasteiger partial charge in [0.05, 0.1) is 11.7 Å². The van der Waals surface area contributed by atoms with Gasteiger partial charge in [-0.1, -0.05) is 13.8 Å². The SMILES string of the molecule is C[C@H]1C[C@H](C)CN(C(=O)Cn2ncc3cccn3c2=O)C1. The lowest BCUT2D eigenvalue weighted by Gasteiger charge is -2.35. The molecular weight excluding hydrogens is 268 g/mol. The van der Waals surface area contributed by atoms with E-state index >= 15 is 0 Å². The minimum absolute atomic E-state index is 0.00634. The quantitative estimate of drug-likeness (QED) is 0.828. The maximum Gasteiger partial charge on any atom is 0.349 e. The van der Waals surface area contributed by atoms with Crippen LogP contribution in [0.25, 0.3) is 5.52 Å². The number of piperidine rings is 1. The second-order valence-electron chi connectivity index (χ2n) is 6.13. The van der Waals surface area contributed by atoms with Crippen LogP contribution in [0.3, 0.4) is 0 Å². The molecule has 3 rings (SSSR count). The van der Waals surface area contributed by atoms with Gasteiger partial charge >= 0.3 is 5.69 Å². The van der Waals surface area contributed by atoms with Crippen molar-refractivity contribution in [1.82, 2.24) is 19.1 Å². The molecule has 0 aromatic carbocycles. The van der Waals surface area contributed by atoms with Crippen LogP contribution >= 0.6 is 0 Å². The molecule has 21 heavy (non-hydrogen) atoms. The number of likely N-dealkylation sites (tertiary alicyclic amines) is 1. The van der Waals surface area contributed by atoms with Crippen molar-refractivity contribution < 1.29 is 4.79 Å². The van der Waals surface area contributed by atoms with Gasteiger partial charge in [0.15, 0.2) is 0 Å². The van der Waals surface area contributed by atoms with Crippen molar-refractivity contribution in [2.24, 2.45) is 11.8 Å². The summed E-state index contributed by atoms with van der Waals surface area (Å²) in [5.74, 6) is 0.984. The van der Waals surface area contributed by atoms with Gasteiger partial charge in [-0.25, -0.2) is 9.48 Å². The number of aromatic nitrogens is 3. The predicted octanol–water partition coefficient (Wildman–Crippen LogP) is 1.00. The molecule has 2 aromatic rings. The highest BCUT2D eigenvalue weighted by atomic mass is 16.2. The van der Waals surface area contributed by atoms with Gasteiger partial charge in [0, 0.05) is 19.3 Å². The summed E-state index contributed by atoms with van der Waals surface area (Å²) < 4.78 is 2.74. The number of hydrogen-bond acceptors (Lipinski definition) is 3. The van der Waals surface area contributed by atoms with E-state index in [4.69, 9.17) is 0 Å². The Hall–Kier alpha value is -2.11. The van der Waals surface area contributed by atoms with E-state index in [0.29, 0.717) is 11.8 Å². The van der Waals surface area contributed by atoms with Crippen molar-refractivity contribution in [3.63, 3.8) is 0 Å². The highest BCUT2D eigenvalue weighted by Crippen LogP contribution is 2.20. The molecule has 0 spiro atoms. The van der Waals surface area contributed by atoms with Gasteiger partial charge in [-0.2, -0.15) is 5.10 Å². The smallest absolute Gasteiger partial charge is 0.341 e. The maximum absolute atomic E-state index is 12.4. The molecule has 0 N–H and O–H groups in total. The second kappa shape index (κ2) is 5.35. The monoisotopic (exact) mass is 288 g/mol. The Morgan fingerprint density at radius 2 is 2.05 bits per heavy atom. The molecular formula is C15H20N4O2. The molecule has 6 nitrogen and oxygen atoms in total. The van der Waals surface area contributed by atoms with Gasteiger partial charge < -0.3 is 4.90 Å². The number of nitrogens with zero attached hydrogens (tertiary/aromatic N) is 4. The Bertz CT molecular complexity index is 708. The van der Waals surface area contributed by atoms with Crippen LogP contribution in [0.1, 0.15) is 20.3 Å². The fourth-order valence-corrected chi connectivity index (χ4v) is 3.18. The molecule has 0 saturated carbocycles. The van der Waals surface area contributed by atoms with E-state index in [1.807, 2.05) is 11.0 Å². The summed E-state index contributed by atoms with van der Waals surface area (Å²) in [5.41, 5.74) is 0.466. The van der Waals surface area contributed by atoms with E-state index in [2.05, 4.69) is 18.9 Å². The third-order valence-electron chi connectivity index (χ3n) is 4.04. The summed E-state index contributed by atoms with van der Waals surface area (Å²) in [6, 6.07) is 3.60. The maximum atomic E-state index is 12.4. The number of amides is 1. The van der Waals surface area contributed by atoms with Crippen molar-refractivity contribution >= 4 is 11.4 Å². The number of carbonyl (C=O) groups excluding carboxylic acids is 1. The third kappa shape index (κ3) is 2.70. The van der Waals surface area contributed by atoms with Gasteiger partial charge in [-0.05, 0) is 30.4 Å². The fraction of sp³-hybridized carbons (Fsp3) is 0.533. The Labute approximate surface area is 123 Å². The van der Waals surface area contributed by atoms with Crippen molar-refractivity contribution in [2.45, 2.75) is 26.8 Å². The first-order chi connectivity index (χ1) is 10.0. The van der Waals surface area contributed by atoms with Crippen LogP contribution in [-0.2, 0) is 11.3 Å². The van der Waals surface area contributed by atoms with Crippen LogP contribution < -0.4 is 5.69 Å². The van der Waals surface area contributed by atoms with Gasteiger partial charge in [0.25, 0.3) is 0 Å². The van der Waals surface area contributed by atoms with Crippen molar-refractivity contribution in [2.75, 3.05) is 13.1 Å². The lowest BCUT2D eigenvalue weighted by Crippen LogP contribution is -2.45. The summed E-state index contributed by atoms with van der Waals surface area (Å²) >= 11 is 0. The molecule has 2 aromatic heterocycles.